The lowest BCUT2D eigenvalue weighted by molar-refractivity contribution is 0.0313. The van der Waals surface area contributed by atoms with E-state index >= 15 is 0 Å². The maximum Gasteiger partial charge on any atom is 0.106 e. The summed E-state index contributed by atoms with van der Waals surface area (Å²) in [6.07, 6.45) is 7.57. The molecule has 3 heteroatoms. The van der Waals surface area contributed by atoms with Gasteiger partial charge in [0.15, 0.2) is 0 Å². The number of ether oxygens (including phenoxy) is 1. The second-order valence-electron chi connectivity index (χ2n) is 3.89. The first-order valence-corrected chi connectivity index (χ1v) is 5.13. The fourth-order valence-electron chi connectivity index (χ4n) is 1.79. The Balaban J connectivity index is 2.37. The molecule has 0 bridgehead atoms. The van der Waals surface area contributed by atoms with Crippen LogP contribution in [0.15, 0.2) is 12.2 Å². The van der Waals surface area contributed by atoms with Gasteiger partial charge >= 0.3 is 0 Å². The molecule has 1 fully saturated rings. The van der Waals surface area contributed by atoms with Gasteiger partial charge in [0, 0.05) is 6.42 Å². The van der Waals surface area contributed by atoms with E-state index in [2.05, 4.69) is 6.07 Å². The molecule has 0 heterocycles. The summed E-state index contributed by atoms with van der Waals surface area (Å²) >= 11 is 0. The van der Waals surface area contributed by atoms with Crippen LogP contribution in [-0.4, -0.2) is 18.2 Å². The SMILES string of the molecule is C/C=C/COC1CCCC(N)(C#N)C1. The zero-order valence-electron chi connectivity index (χ0n) is 8.70. The van der Waals surface area contributed by atoms with Crippen molar-refractivity contribution in [2.45, 2.75) is 44.2 Å². The van der Waals surface area contributed by atoms with Gasteiger partial charge in [-0.3, -0.25) is 0 Å². The topological polar surface area (TPSA) is 59.0 Å². The Kier molecular flexibility index (Phi) is 4.12. The van der Waals surface area contributed by atoms with E-state index in [9.17, 15) is 0 Å². The minimum atomic E-state index is -0.654. The van der Waals surface area contributed by atoms with Gasteiger partial charge in [-0.2, -0.15) is 5.26 Å². The second-order valence-corrected chi connectivity index (χ2v) is 3.89. The largest absolute Gasteiger partial charge is 0.374 e. The van der Waals surface area contributed by atoms with Crippen LogP contribution in [0.2, 0.25) is 0 Å². The summed E-state index contributed by atoms with van der Waals surface area (Å²) in [5, 5.41) is 8.90. The molecule has 1 aliphatic carbocycles. The molecule has 3 nitrogen and oxygen atoms in total. The first-order valence-electron chi connectivity index (χ1n) is 5.13. The van der Waals surface area contributed by atoms with Crippen LogP contribution in [0.1, 0.15) is 32.6 Å². The lowest BCUT2D eigenvalue weighted by atomic mass is 9.82. The Bertz CT molecular complexity index is 244. The van der Waals surface area contributed by atoms with Gasteiger partial charge in [0.05, 0.1) is 18.8 Å². The van der Waals surface area contributed by atoms with Crippen LogP contribution >= 0.6 is 0 Å². The predicted molar refractivity (Wildman–Crippen MR) is 55.6 cm³/mol. The van der Waals surface area contributed by atoms with Crippen LogP contribution in [0.4, 0.5) is 0 Å². The summed E-state index contributed by atoms with van der Waals surface area (Å²) in [6, 6.07) is 2.18. The van der Waals surface area contributed by atoms with E-state index in [1.54, 1.807) is 0 Å². The lowest BCUT2D eigenvalue weighted by Crippen LogP contribution is -2.45. The molecule has 2 atom stereocenters. The van der Waals surface area contributed by atoms with E-state index in [4.69, 9.17) is 15.7 Å². The first kappa shape index (κ1) is 11.2. The van der Waals surface area contributed by atoms with Gasteiger partial charge in [0.1, 0.15) is 5.54 Å². The number of allylic oxidation sites excluding steroid dienone is 1. The summed E-state index contributed by atoms with van der Waals surface area (Å²) in [6.45, 7) is 2.59. The molecule has 0 aliphatic heterocycles. The van der Waals surface area contributed by atoms with Gasteiger partial charge in [-0.05, 0) is 26.2 Å². The highest BCUT2D eigenvalue weighted by atomic mass is 16.5. The molecule has 2 N–H and O–H groups in total. The number of nitrogens with two attached hydrogens (primary N) is 1. The molecule has 78 valence electrons. The molecule has 0 amide bonds. The smallest absolute Gasteiger partial charge is 0.106 e. The standard InChI is InChI=1S/C11H18N2O/c1-2-3-7-14-10-5-4-6-11(13,8-10)9-12/h2-3,10H,4-8,13H2,1H3/b3-2+. The summed E-state index contributed by atoms with van der Waals surface area (Å²) < 4.78 is 5.60. The third-order valence-electron chi connectivity index (χ3n) is 2.63. The van der Waals surface area contributed by atoms with E-state index in [0.29, 0.717) is 13.0 Å². The Hall–Kier alpha value is -0.850. The number of nitriles is 1. The Labute approximate surface area is 85.5 Å². The van der Waals surface area contributed by atoms with Gasteiger partial charge in [-0.15, -0.1) is 0 Å². The summed E-state index contributed by atoms with van der Waals surface area (Å²) in [5.41, 5.74) is 5.24. The molecule has 0 aromatic rings. The highest BCUT2D eigenvalue weighted by molar-refractivity contribution is 5.07. The molecule has 0 spiro atoms. The van der Waals surface area contributed by atoms with Gasteiger partial charge in [0.25, 0.3) is 0 Å². The van der Waals surface area contributed by atoms with E-state index in [1.165, 1.54) is 0 Å². The quantitative estimate of drug-likeness (QED) is 0.696. The molecular weight excluding hydrogens is 176 g/mol. The Morgan fingerprint density at radius 1 is 1.71 bits per heavy atom. The zero-order valence-corrected chi connectivity index (χ0v) is 8.70. The normalized spacial score (nSPS) is 33.1. The van der Waals surface area contributed by atoms with Crippen molar-refractivity contribution in [1.82, 2.24) is 0 Å². The Morgan fingerprint density at radius 3 is 3.14 bits per heavy atom. The van der Waals surface area contributed by atoms with Crippen LogP contribution in [-0.2, 0) is 4.74 Å². The molecular formula is C11H18N2O. The van der Waals surface area contributed by atoms with Crippen LogP contribution in [0.3, 0.4) is 0 Å². The molecule has 1 aliphatic rings. The minimum absolute atomic E-state index is 0.157. The van der Waals surface area contributed by atoms with Crippen molar-refractivity contribution in [2.75, 3.05) is 6.61 Å². The van der Waals surface area contributed by atoms with E-state index in [-0.39, 0.29) is 6.10 Å². The van der Waals surface area contributed by atoms with Crippen molar-refractivity contribution in [3.05, 3.63) is 12.2 Å². The summed E-state index contributed by atoms with van der Waals surface area (Å²) in [7, 11) is 0. The fourth-order valence-corrected chi connectivity index (χ4v) is 1.79. The van der Waals surface area contributed by atoms with Crippen molar-refractivity contribution in [2.24, 2.45) is 5.73 Å². The molecule has 2 unspecified atom stereocenters. The van der Waals surface area contributed by atoms with E-state index in [0.717, 1.165) is 19.3 Å². The fraction of sp³-hybridized carbons (Fsp3) is 0.727. The average Bonchev–Trinajstić information content (AvgIpc) is 2.19. The second kappa shape index (κ2) is 5.14. The molecule has 0 aromatic heterocycles. The van der Waals surface area contributed by atoms with Crippen molar-refractivity contribution >= 4 is 0 Å². The van der Waals surface area contributed by atoms with Crippen LogP contribution in [0.5, 0.6) is 0 Å². The summed E-state index contributed by atoms with van der Waals surface area (Å²) in [4.78, 5) is 0. The lowest BCUT2D eigenvalue weighted by Gasteiger charge is -2.32. The first-order chi connectivity index (χ1) is 6.70. The molecule has 14 heavy (non-hydrogen) atoms. The third kappa shape index (κ3) is 3.13. The van der Waals surface area contributed by atoms with Crippen molar-refractivity contribution in [1.29, 1.82) is 5.26 Å². The number of nitrogens with zero attached hydrogens (tertiary/aromatic N) is 1. The van der Waals surface area contributed by atoms with Crippen molar-refractivity contribution in [3.63, 3.8) is 0 Å². The zero-order chi connectivity index (χ0) is 10.4. The maximum atomic E-state index is 8.90. The van der Waals surface area contributed by atoms with Crippen molar-refractivity contribution in [3.8, 4) is 6.07 Å². The minimum Gasteiger partial charge on any atom is -0.374 e. The Morgan fingerprint density at radius 2 is 2.50 bits per heavy atom. The van der Waals surface area contributed by atoms with Gasteiger partial charge in [0.2, 0.25) is 0 Å². The molecule has 0 saturated heterocycles. The number of rotatable bonds is 3. The van der Waals surface area contributed by atoms with Crippen molar-refractivity contribution < 1.29 is 4.74 Å². The molecule has 1 saturated carbocycles. The number of hydrogen-bond acceptors (Lipinski definition) is 3. The van der Waals surface area contributed by atoms with Gasteiger partial charge in [-0.1, -0.05) is 12.2 Å². The van der Waals surface area contributed by atoms with Crippen LogP contribution in [0.25, 0.3) is 0 Å². The monoisotopic (exact) mass is 194 g/mol. The van der Waals surface area contributed by atoms with Gasteiger partial charge < -0.3 is 10.5 Å². The molecule has 1 rings (SSSR count). The predicted octanol–water partition coefficient (Wildman–Crippen LogP) is 1.74. The highest BCUT2D eigenvalue weighted by Crippen LogP contribution is 2.27. The summed E-state index contributed by atoms with van der Waals surface area (Å²) in [5.74, 6) is 0. The number of hydrogen-bond donors (Lipinski definition) is 1. The van der Waals surface area contributed by atoms with E-state index in [1.807, 2.05) is 19.1 Å². The van der Waals surface area contributed by atoms with Gasteiger partial charge in [-0.25, -0.2) is 0 Å². The maximum absolute atomic E-state index is 8.90. The van der Waals surface area contributed by atoms with E-state index < -0.39 is 5.54 Å². The average molecular weight is 194 g/mol. The highest BCUT2D eigenvalue weighted by Gasteiger charge is 2.32. The molecule has 0 aromatic carbocycles. The van der Waals surface area contributed by atoms with Crippen LogP contribution < -0.4 is 5.73 Å². The third-order valence-corrected chi connectivity index (χ3v) is 2.63. The van der Waals surface area contributed by atoms with Crippen LogP contribution in [0, 0.1) is 11.3 Å². The molecule has 0 radical (unpaired) electrons.